The van der Waals surface area contributed by atoms with E-state index < -0.39 is 5.54 Å². The predicted molar refractivity (Wildman–Crippen MR) is 104 cm³/mol. The molecule has 144 valence electrons. The van der Waals surface area contributed by atoms with Gasteiger partial charge in [-0.3, -0.25) is 4.79 Å². The largest absolute Gasteiger partial charge is 0.489 e. The van der Waals surface area contributed by atoms with Crippen molar-refractivity contribution in [3.05, 3.63) is 77.4 Å². The molecule has 3 aromatic rings. The van der Waals surface area contributed by atoms with Gasteiger partial charge in [0, 0.05) is 12.5 Å². The van der Waals surface area contributed by atoms with Crippen LogP contribution in [0.5, 0.6) is 5.75 Å². The number of aromatic nitrogens is 2. The minimum atomic E-state index is -0.538. The molecule has 1 amide bonds. The Morgan fingerprint density at radius 3 is 2.46 bits per heavy atom. The van der Waals surface area contributed by atoms with Gasteiger partial charge in [0.1, 0.15) is 17.9 Å². The smallest absolute Gasteiger partial charge is 0.252 e. The van der Waals surface area contributed by atoms with Crippen LogP contribution in [0.2, 0.25) is 0 Å². The maximum Gasteiger partial charge on any atom is 0.252 e. The molecule has 2 aromatic carbocycles. The van der Waals surface area contributed by atoms with Crippen LogP contribution in [0.3, 0.4) is 0 Å². The van der Waals surface area contributed by atoms with E-state index in [2.05, 4.69) is 15.5 Å². The van der Waals surface area contributed by atoms with Crippen molar-refractivity contribution in [2.75, 3.05) is 0 Å². The van der Waals surface area contributed by atoms with Crippen LogP contribution in [0.25, 0.3) is 0 Å². The van der Waals surface area contributed by atoms with Gasteiger partial charge in [0.25, 0.3) is 5.91 Å². The molecule has 1 N–H and O–H groups in total. The van der Waals surface area contributed by atoms with E-state index >= 15 is 0 Å². The van der Waals surface area contributed by atoms with Crippen molar-refractivity contribution >= 4 is 5.91 Å². The molecule has 1 aromatic heterocycles. The van der Waals surface area contributed by atoms with Crippen molar-refractivity contribution in [3.8, 4) is 5.75 Å². The van der Waals surface area contributed by atoms with Crippen molar-refractivity contribution in [2.45, 2.75) is 44.8 Å². The molecule has 0 saturated heterocycles. The van der Waals surface area contributed by atoms with Crippen molar-refractivity contribution in [2.24, 2.45) is 0 Å². The zero-order valence-corrected chi connectivity index (χ0v) is 15.9. The molecule has 1 fully saturated rings. The number of amides is 1. The number of hydrogen-bond donors (Lipinski definition) is 1. The molecule has 28 heavy (non-hydrogen) atoms. The van der Waals surface area contributed by atoms with E-state index in [-0.39, 0.29) is 5.91 Å². The molecule has 1 saturated carbocycles. The second kappa shape index (κ2) is 7.84. The molecule has 6 heteroatoms. The Bertz CT molecular complexity index is 929. The van der Waals surface area contributed by atoms with Gasteiger partial charge >= 0.3 is 0 Å². The van der Waals surface area contributed by atoms with Crippen LogP contribution >= 0.6 is 0 Å². The first-order valence-electron chi connectivity index (χ1n) is 9.55. The molecule has 6 nitrogen and oxygen atoms in total. The highest BCUT2D eigenvalue weighted by Gasteiger charge is 2.41. The van der Waals surface area contributed by atoms with E-state index in [0.717, 1.165) is 37.0 Å². The quantitative estimate of drug-likeness (QED) is 0.698. The minimum absolute atomic E-state index is 0.125. The molecule has 0 spiro atoms. The number of rotatable bonds is 6. The average Bonchev–Trinajstić information content (AvgIpc) is 3.37. The monoisotopic (exact) mass is 377 g/mol. The lowest BCUT2D eigenvalue weighted by Crippen LogP contribution is -2.44. The Hall–Kier alpha value is -3.15. The van der Waals surface area contributed by atoms with E-state index in [0.29, 0.717) is 23.9 Å². The summed E-state index contributed by atoms with van der Waals surface area (Å²) in [5.41, 5.74) is 1.07. The average molecular weight is 377 g/mol. The van der Waals surface area contributed by atoms with Gasteiger partial charge in [0.15, 0.2) is 5.82 Å². The highest BCUT2D eigenvalue weighted by atomic mass is 16.5. The molecule has 0 radical (unpaired) electrons. The first-order valence-corrected chi connectivity index (χ1v) is 9.55. The molecule has 0 aliphatic heterocycles. The summed E-state index contributed by atoms with van der Waals surface area (Å²) in [5, 5.41) is 7.23. The Kier molecular flexibility index (Phi) is 5.10. The van der Waals surface area contributed by atoms with Crippen molar-refractivity contribution < 1.29 is 14.1 Å². The van der Waals surface area contributed by atoms with E-state index in [4.69, 9.17) is 9.26 Å². The molecular formula is C22H23N3O3. The fraction of sp³-hybridized carbons (Fsp3) is 0.318. The number of aryl methyl sites for hydroxylation is 1. The zero-order chi connectivity index (χ0) is 19.4. The lowest BCUT2D eigenvalue weighted by atomic mass is 9.95. The molecular weight excluding hydrogens is 354 g/mol. The Balaban J connectivity index is 1.43. The standard InChI is InChI=1S/C22H23N3O3/c1-16-23-21(25-28-16)22(13-5-6-14-22)24-20(26)18-11-9-17(10-12-18)15-27-19-7-3-2-4-8-19/h2-4,7-12H,5-6,13-15H2,1H3,(H,24,26). The van der Waals surface area contributed by atoms with Gasteiger partial charge in [-0.05, 0) is 42.7 Å². The normalized spacial score (nSPS) is 15.3. The molecule has 1 aliphatic carbocycles. The van der Waals surface area contributed by atoms with Crippen LogP contribution in [-0.4, -0.2) is 16.0 Å². The summed E-state index contributed by atoms with van der Waals surface area (Å²) in [5.74, 6) is 1.78. The van der Waals surface area contributed by atoms with E-state index in [1.807, 2.05) is 54.6 Å². The highest BCUT2D eigenvalue weighted by molar-refractivity contribution is 5.94. The first kappa shape index (κ1) is 18.2. The van der Waals surface area contributed by atoms with Gasteiger partial charge in [0.2, 0.25) is 5.89 Å². The van der Waals surface area contributed by atoms with Crippen LogP contribution < -0.4 is 10.1 Å². The third kappa shape index (κ3) is 3.91. The molecule has 1 heterocycles. The molecule has 0 atom stereocenters. The molecule has 1 aliphatic rings. The summed E-state index contributed by atoms with van der Waals surface area (Å²) < 4.78 is 10.9. The van der Waals surface area contributed by atoms with Crippen LogP contribution in [-0.2, 0) is 12.1 Å². The lowest BCUT2D eigenvalue weighted by molar-refractivity contribution is 0.0892. The topological polar surface area (TPSA) is 77.2 Å². The molecule has 0 bridgehead atoms. The number of nitrogens with one attached hydrogen (secondary N) is 1. The van der Waals surface area contributed by atoms with Gasteiger partial charge in [-0.15, -0.1) is 0 Å². The first-order chi connectivity index (χ1) is 13.6. The zero-order valence-electron chi connectivity index (χ0n) is 15.9. The van der Waals surface area contributed by atoms with E-state index in [9.17, 15) is 4.79 Å². The number of para-hydroxylation sites is 1. The van der Waals surface area contributed by atoms with E-state index in [1.54, 1.807) is 6.92 Å². The molecule has 4 rings (SSSR count). The second-order valence-electron chi connectivity index (χ2n) is 7.18. The van der Waals surface area contributed by atoms with Crippen LogP contribution in [0.1, 0.15) is 53.3 Å². The van der Waals surface area contributed by atoms with Crippen LogP contribution in [0, 0.1) is 6.92 Å². The van der Waals surface area contributed by atoms with Gasteiger partial charge in [0.05, 0.1) is 0 Å². The fourth-order valence-corrected chi connectivity index (χ4v) is 3.60. The summed E-state index contributed by atoms with van der Waals surface area (Å²) in [6, 6.07) is 17.1. The SMILES string of the molecule is Cc1nc(C2(NC(=O)c3ccc(COc4ccccc4)cc3)CCCC2)no1. The number of carbonyl (C=O) groups is 1. The summed E-state index contributed by atoms with van der Waals surface area (Å²) in [4.78, 5) is 17.2. The number of ether oxygens (including phenoxy) is 1. The summed E-state index contributed by atoms with van der Waals surface area (Å²) >= 11 is 0. The third-order valence-electron chi connectivity index (χ3n) is 5.13. The molecule has 0 unspecified atom stereocenters. The Morgan fingerprint density at radius 2 is 1.82 bits per heavy atom. The number of carbonyl (C=O) groups excluding carboxylic acids is 1. The van der Waals surface area contributed by atoms with Crippen LogP contribution in [0.4, 0.5) is 0 Å². The number of nitrogens with zero attached hydrogens (tertiary/aromatic N) is 2. The minimum Gasteiger partial charge on any atom is -0.489 e. The maximum atomic E-state index is 12.8. The predicted octanol–water partition coefficient (Wildman–Crippen LogP) is 4.16. The van der Waals surface area contributed by atoms with Crippen molar-refractivity contribution in [3.63, 3.8) is 0 Å². The lowest BCUT2D eigenvalue weighted by Gasteiger charge is -2.26. The summed E-state index contributed by atoms with van der Waals surface area (Å²) in [6.45, 7) is 2.22. The fourth-order valence-electron chi connectivity index (χ4n) is 3.60. The maximum absolute atomic E-state index is 12.8. The highest BCUT2D eigenvalue weighted by Crippen LogP contribution is 2.37. The Labute approximate surface area is 163 Å². The van der Waals surface area contributed by atoms with Crippen LogP contribution in [0.15, 0.2) is 59.1 Å². The van der Waals surface area contributed by atoms with Crippen molar-refractivity contribution in [1.29, 1.82) is 0 Å². The van der Waals surface area contributed by atoms with Gasteiger partial charge < -0.3 is 14.6 Å². The van der Waals surface area contributed by atoms with E-state index in [1.165, 1.54) is 0 Å². The van der Waals surface area contributed by atoms with Gasteiger partial charge in [-0.2, -0.15) is 4.98 Å². The third-order valence-corrected chi connectivity index (χ3v) is 5.13. The van der Waals surface area contributed by atoms with Gasteiger partial charge in [-0.1, -0.05) is 48.3 Å². The summed E-state index contributed by atoms with van der Waals surface area (Å²) in [7, 11) is 0. The van der Waals surface area contributed by atoms with Gasteiger partial charge in [-0.25, -0.2) is 0 Å². The summed E-state index contributed by atoms with van der Waals surface area (Å²) in [6.07, 6.45) is 3.70. The second-order valence-corrected chi connectivity index (χ2v) is 7.18. The number of hydrogen-bond acceptors (Lipinski definition) is 5. The van der Waals surface area contributed by atoms with Crippen molar-refractivity contribution in [1.82, 2.24) is 15.5 Å². The number of benzene rings is 2. The Morgan fingerprint density at radius 1 is 1.11 bits per heavy atom.